The van der Waals surface area contributed by atoms with Crippen LogP contribution < -0.4 is 4.74 Å². The van der Waals surface area contributed by atoms with Gasteiger partial charge in [0.1, 0.15) is 5.75 Å². The van der Waals surface area contributed by atoms with Gasteiger partial charge in [-0.05, 0) is 56.1 Å². The smallest absolute Gasteiger partial charge is 0.119 e. The number of hydrogen-bond donors (Lipinski definition) is 0. The Hall–Kier alpha value is -0.980. The zero-order valence-electron chi connectivity index (χ0n) is 10.2. The van der Waals surface area contributed by atoms with E-state index in [-0.39, 0.29) is 0 Å². The molecule has 1 aromatic rings. The van der Waals surface area contributed by atoms with Gasteiger partial charge in [0.05, 0.1) is 6.10 Å². The Bertz CT molecular complexity index is 365. The van der Waals surface area contributed by atoms with Crippen molar-refractivity contribution in [2.45, 2.75) is 45.6 Å². The van der Waals surface area contributed by atoms with Crippen LogP contribution in [0.3, 0.4) is 0 Å². The molecule has 0 bridgehead atoms. The third-order valence-corrected chi connectivity index (χ3v) is 4.21. The van der Waals surface area contributed by atoms with Crippen LogP contribution in [0.5, 0.6) is 5.75 Å². The Morgan fingerprint density at radius 3 is 2.25 bits per heavy atom. The lowest BCUT2D eigenvalue weighted by Gasteiger charge is -2.56. The molecule has 2 aliphatic carbocycles. The molecule has 1 heteroatoms. The molecule has 0 aromatic heterocycles. The summed E-state index contributed by atoms with van der Waals surface area (Å²) in [7, 11) is 0. The summed E-state index contributed by atoms with van der Waals surface area (Å²) in [6.45, 7) is 4.47. The van der Waals surface area contributed by atoms with Gasteiger partial charge in [0, 0.05) is 0 Å². The summed E-state index contributed by atoms with van der Waals surface area (Å²) in [4.78, 5) is 0. The second-order valence-corrected chi connectivity index (χ2v) is 5.97. The van der Waals surface area contributed by atoms with Gasteiger partial charge < -0.3 is 4.74 Å². The van der Waals surface area contributed by atoms with Crippen molar-refractivity contribution < 1.29 is 4.74 Å². The van der Waals surface area contributed by atoms with Gasteiger partial charge in [-0.3, -0.25) is 0 Å². The molecule has 0 atom stereocenters. The van der Waals surface area contributed by atoms with Crippen molar-refractivity contribution >= 4 is 0 Å². The number of benzene rings is 1. The highest BCUT2D eigenvalue weighted by Gasteiger charge is 2.52. The summed E-state index contributed by atoms with van der Waals surface area (Å²) in [5, 5.41) is 0. The van der Waals surface area contributed by atoms with Crippen LogP contribution in [0.1, 0.15) is 38.2 Å². The summed E-state index contributed by atoms with van der Waals surface area (Å²) in [5.74, 6) is 2.00. The molecule has 1 aromatic carbocycles. The predicted octanol–water partition coefficient (Wildman–Crippen LogP) is 3.95. The maximum Gasteiger partial charge on any atom is 0.119 e. The highest BCUT2D eigenvalue weighted by atomic mass is 16.5. The first kappa shape index (κ1) is 10.2. The Morgan fingerprint density at radius 1 is 1.06 bits per heavy atom. The van der Waals surface area contributed by atoms with Gasteiger partial charge in [0.2, 0.25) is 0 Å². The fourth-order valence-corrected chi connectivity index (χ4v) is 3.55. The first-order valence-corrected chi connectivity index (χ1v) is 6.39. The van der Waals surface area contributed by atoms with Crippen molar-refractivity contribution in [2.75, 3.05) is 0 Å². The number of hydrogen-bond acceptors (Lipinski definition) is 1. The van der Waals surface area contributed by atoms with Crippen LogP contribution in [0, 0.1) is 18.3 Å². The molecule has 0 N–H and O–H groups in total. The van der Waals surface area contributed by atoms with E-state index in [1.807, 2.05) is 0 Å². The number of ether oxygens (including phenoxy) is 1. The molecular weight excluding hydrogens is 196 g/mol. The van der Waals surface area contributed by atoms with Crippen molar-refractivity contribution in [3.63, 3.8) is 0 Å². The second-order valence-electron chi connectivity index (χ2n) is 5.97. The Morgan fingerprint density at radius 2 is 1.69 bits per heavy atom. The van der Waals surface area contributed by atoms with Crippen molar-refractivity contribution in [2.24, 2.45) is 11.3 Å². The van der Waals surface area contributed by atoms with Crippen LogP contribution in [0.4, 0.5) is 0 Å². The predicted molar refractivity (Wildman–Crippen MR) is 65.7 cm³/mol. The molecule has 0 saturated heterocycles. The summed E-state index contributed by atoms with van der Waals surface area (Å²) in [5.41, 5.74) is 1.99. The van der Waals surface area contributed by atoms with Crippen LogP contribution >= 0.6 is 0 Å². The molecule has 16 heavy (non-hydrogen) atoms. The molecule has 0 unspecified atom stereocenters. The van der Waals surface area contributed by atoms with E-state index in [2.05, 4.69) is 38.1 Å². The van der Waals surface area contributed by atoms with Gasteiger partial charge in [0.25, 0.3) is 0 Å². The highest BCUT2D eigenvalue weighted by Crippen LogP contribution is 2.59. The van der Waals surface area contributed by atoms with Crippen LogP contribution in [-0.4, -0.2) is 6.10 Å². The van der Waals surface area contributed by atoms with Gasteiger partial charge in [-0.25, -0.2) is 0 Å². The molecule has 2 saturated carbocycles. The average molecular weight is 216 g/mol. The fraction of sp³-hybridized carbons (Fsp3) is 0.600. The number of aryl methyl sites for hydroxylation is 1. The lowest BCUT2D eigenvalue weighted by atomic mass is 9.51. The van der Waals surface area contributed by atoms with E-state index in [1.54, 1.807) is 0 Å². The quantitative estimate of drug-likeness (QED) is 0.727. The zero-order chi connectivity index (χ0) is 11.2. The Balaban J connectivity index is 1.53. The first-order chi connectivity index (χ1) is 7.65. The third kappa shape index (κ3) is 1.73. The minimum absolute atomic E-state index is 0.482. The van der Waals surface area contributed by atoms with Gasteiger partial charge in [-0.1, -0.05) is 24.6 Å². The maximum atomic E-state index is 5.97. The SMILES string of the molecule is Cc1ccc(OC2CC3(CC(C)C3)C2)cc1. The third-order valence-electron chi connectivity index (χ3n) is 4.21. The van der Waals surface area contributed by atoms with Crippen molar-refractivity contribution in [3.8, 4) is 5.75 Å². The summed E-state index contributed by atoms with van der Waals surface area (Å²) < 4.78 is 5.97. The monoisotopic (exact) mass is 216 g/mol. The maximum absolute atomic E-state index is 5.97. The van der Waals surface area contributed by atoms with Crippen LogP contribution in [-0.2, 0) is 0 Å². The van der Waals surface area contributed by atoms with Crippen molar-refractivity contribution in [1.29, 1.82) is 0 Å². The van der Waals surface area contributed by atoms with E-state index in [0.717, 1.165) is 11.7 Å². The van der Waals surface area contributed by atoms with E-state index < -0.39 is 0 Å². The van der Waals surface area contributed by atoms with Crippen LogP contribution in [0.2, 0.25) is 0 Å². The van der Waals surface area contributed by atoms with Crippen LogP contribution in [0.25, 0.3) is 0 Å². The minimum Gasteiger partial charge on any atom is -0.490 e. The van der Waals surface area contributed by atoms with E-state index >= 15 is 0 Å². The van der Waals surface area contributed by atoms with E-state index in [4.69, 9.17) is 4.74 Å². The number of rotatable bonds is 2. The second kappa shape index (κ2) is 3.51. The highest BCUT2D eigenvalue weighted by molar-refractivity contribution is 5.27. The van der Waals surface area contributed by atoms with Gasteiger partial charge >= 0.3 is 0 Å². The van der Waals surface area contributed by atoms with E-state index in [9.17, 15) is 0 Å². The summed E-state index contributed by atoms with van der Waals surface area (Å²) in [6, 6.07) is 8.41. The molecule has 0 amide bonds. The van der Waals surface area contributed by atoms with Gasteiger partial charge in [-0.2, -0.15) is 0 Å². The van der Waals surface area contributed by atoms with E-state index in [1.165, 1.54) is 31.2 Å². The van der Waals surface area contributed by atoms with Crippen LogP contribution in [0.15, 0.2) is 24.3 Å². The Kier molecular flexibility index (Phi) is 2.24. The largest absolute Gasteiger partial charge is 0.490 e. The summed E-state index contributed by atoms with van der Waals surface area (Å²) in [6.07, 6.45) is 5.91. The molecule has 0 radical (unpaired) electrons. The zero-order valence-corrected chi connectivity index (χ0v) is 10.2. The van der Waals surface area contributed by atoms with E-state index in [0.29, 0.717) is 11.5 Å². The first-order valence-electron chi connectivity index (χ1n) is 6.39. The lowest BCUT2D eigenvalue weighted by molar-refractivity contribution is -0.0951. The topological polar surface area (TPSA) is 9.23 Å². The molecule has 1 spiro atoms. The molecule has 2 aliphatic rings. The lowest BCUT2D eigenvalue weighted by Crippen LogP contribution is -2.51. The fourth-order valence-electron chi connectivity index (χ4n) is 3.55. The molecule has 1 nitrogen and oxygen atoms in total. The summed E-state index contributed by atoms with van der Waals surface area (Å²) >= 11 is 0. The van der Waals surface area contributed by atoms with Crippen molar-refractivity contribution in [1.82, 2.24) is 0 Å². The average Bonchev–Trinajstić information content (AvgIpc) is 2.16. The molecule has 0 aliphatic heterocycles. The van der Waals surface area contributed by atoms with Gasteiger partial charge in [-0.15, -0.1) is 0 Å². The molecular formula is C15H20O. The van der Waals surface area contributed by atoms with Crippen molar-refractivity contribution in [3.05, 3.63) is 29.8 Å². The molecule has 2 fully saturated rings. The molecule has 86 valence electrons. The molecule has 0 heterocycles. The standard InChI is InChI=1S/C15H20O/c1-11-3-5-13(6-4-11)16-14-9-15(10-14)7-12(2)8-15/h3-6,12,14H,7-10H2,1-2H3. The normalized spacial score (nSPS) is 36.6. The minimum atomic E-state index is 0.482. The van der Waals surface area contributed by atoms with Gasteiger partial charge in [0.15, 0.2) is 0 Å². The molecule has 3 rings (SSSR count). The Labute approximate surface area is 97.8 Å².